The second kappa shape index (κ2) is 5.89. The third-order valence-electron chi connectivity index (χ3n) is 3.32. The average Bonchev–Trinajstić information content (AvgIpc) is 2.38. The lowest BCUT2D eigenvalue weighted by Gasteiger charge is -2.17. The van der Waals surface area contributed by atoms with E-state index in [0.717, 1.165) is 17.7 Å². The van der Waals surface area contributed by atoms with Crippen LogP contribution in [0.15, 0.2) is 42.5 Å². The van der Waals surface area contributed by atoms with Gasteiger partial charge in [-0.2, -0.15) is 0 Å². The predicted octanol–water partition coefficient (Wildman–Crippen LogP) is 3.55. The minimum absolute atomic E-state index is 0.0448. The fourth-order valence-corrected chi connectivity index (χ4v) is 2.35. The number of hydrogen-bond acceptors (Lipinski definition) is 2. The predicted molar refractivity (Wildman–Crippen MR) is 79.5 cm³/mol. The van der Waals surface area contributed by atoms with E-state index in [1.165, 1.54) is 16.7 Å². The summed E-state index contributed by atoms with van der Waals surface area (Å²) < 4.78 is 5.40. The smallest absolute Gasteiger partial charge is 0.123 e. The van der Waals surface area contributed by atoms with Gasteiger partial charge in [-0.15, -0.1) is 0 Å². The molecule has 19 heavy (non-hydrogen) atoms. The summed E-state index contributed by atoms with van der Waals surface area (Å²) in [6, 6.07) is 14.6. The molecule has 0 saturated carbocycles. The van der Waals surface area contributed by atoms with E-state index in [4.69, 9.17) is 10.5 Å². The molecule has 0 heterocycles. The van der Waals surface area contributed by atoms with E-state index in [0.29, 0.717) is 0 Å². The van der Waals surface area contributed by atoms with Crippen LogP contribution in [0.4, 0.5) is 0 Å². The molecule has 2 aromatic carbocycles. The van der Waals surface area contributed by atoms with Gasteiger partial charge in [-0.3, -0.25) is 0 Å². The molecule has 0 bridgehead atoms. The molecule has 2 rings (SSSR count). The molecule has 100 valence electrons. The first-order valence-corrected chi connectivity index (χ1v) is 6.56. The largest absolute Gasteiger partial charge is 0.496 e. The maximum atomic E-state index is 6.34. The van der Waals surface area contributed by atoms with Gasteiger partial charge in [0, 0.05) is 11.6 Å². The minimum atomic E-state index is -0.0448. The molecular formula is C17H21NO. The van der Waals surface area contributed by atoms with Crippen molar-refractivity contribution in [1.82, 2.24) is 0 Å². The minimum Gasteiger partial charge on any atom is -0.496 e. The summed E-state index contributed by atoms with van der Waals surface area (Å²) in [5, 5.41) is 0. The lowest BCUT2D eigenvalue weighted by atomic mass is 9.97. The van der Waals surface area contributed by atoms with Crippen LogP contribution in [0.5, 0.6) is 5.75 Å². The van der Waals surface area contributed by atoms with Gasteiger partial charge >= 0.3 is 0 Å². The molecule has 1 unspecified atom stereocenters. The highest BCUT2D eigenvalue weighted by atomic mass is 16.5. The summed E-state index contributed by atoms with van der Waals surface area (Å²) in [6.07, 6.45) is 0.821. The number of hydrogen-bond donors (Lipinski definition) is 1. The maximum Gasteiger partial charge on any atom is 0.123 e. The molecule has 0 aliphatic rings. The van der Waals surface area contributed by atoms with Crippen molar-refractivity contribution in [2.45, 2.75) is 26.3 Å². The number of ether oxygens (including phenoxy) is 1. The van der Waals surface area contributed by atoms with Gasteiger partial charge in [0.2, 0.25) is 0 Å². The standard InChI is InChI=1S/C17H21NO/c1-12-5-4-6-14(9-12)11-16(18)15-10-13(2)7-8-17(15)19-3/h4-10,16H,11,18H2,1-3H3. The van der Waals surface area contributed by atoms with Gasteiger partial charge in [-0.05, 0) is 31.9 Å². The van der Waals surface area contributed by atoms with E-state index in [1.807, 2.05) is 12.1 Å². The molecule has 2 nitrogen and oxygen atoms in total. The Labute approximate surface area is 115 Å². The van der Waals surface area contributed by atoms with Crippen molar-refractivity contribution in [2.75, 3.05) is 7.11 Å². The van der Waals surface area contributed by atoms with E-state index in [1.54, 1.807) is 7.11 Å². The first-order valence-electron chi connectivity index (χ1n) is 6.56. The Morgan fingerprint density at radius 1 is 1.05 bits per heavy atom. The normalized spacial score (nSPS) is 12.2. The zero-order chi connectivity index (χ0) is 13.8. The summed E-state index contributed by atoms with van der Waals surface area (Å²) >= 11 is 0. The molecule has 0 radical (unpaired) electrons. The van der Waals surface area contributed by atoms with Gasteiger partial charge in [0.15, 0.2) is 0 Å². The van der Waals surface area contributed by atoms with E-state index in [2.05, 4.69) is 44.2 Å². The summed E-state index contributed by atoms with van der Waals surface area (Å²) in [4.78, 5) is 0. The van der Waals surface area contributed by atoms with Crippen LogP contribution in [0, 0.1) is 13.8 Å². The zero-order valence-corrected chi connectivity index (χ0v) is 11.8. The van der Waals surface area contributed by atoms with Crippen molar-refractivity contribution in [3.63, 3.8) is 0 Å². The van der Waals surface area contributed by atoms with Crippen molar-refractivity contribution in [3.05, 3.63) is 64.7 Å². The Morgan fingerprint density at radius 2 is 1.79 bits per heavy atom. The topological polar surface area (TPSA) is 35.2 Å². The van der Waals surface area contributed by atoms with E-state index < -0.39 is 0 Å². The van der Waals surface area contributed by atoms with Crippen LogP contribution in [-0.4, -0.2) is 7.11 Å². The summed E-state index contributed by atoms with van der Waals surface area (Å²) in [5.74, 6) is 0.866. The molecule has 0 aliphatic carbocycles. The van der Waals surface area contributed by atoms with Gasteiger partial charge in [-0.1, -0.05) is 47.5 Å². The van der Waals surface area contributed by atoms with Gasteiger partial charge in [0.25, 0.3) is 0 Å². The third kappa shape index (κ3) is 3.36. The Morgan fingerprint density at radius 3 is 2.47 bits per heavy atom. The molecule has 0 amide bonds. The van der Waals surface area contributed by atoms with Gasteiger partial charge in [0.05, 0.1) is 7.11 Å². The first-order chi connectivity index (χ1) is 9.10. The van der Waals surface area contributed by atoms with Crippen LogP contribution in [-0.2, 0) is 6.42 Å². The van der Waals surface area contributed by atoms with Crippen molar-refractivity contribution in [1.29, 1.82) is 0 Å². The summed E-state index contributed by atoms with van der Waals surface area (Å²) in [7, 11) is 1.69. The zero-order valence-electron chi connectivity index (χ0n) is 11.8. The number of methoxy groups -OCH3 is 1. The number of nitrogens with two attached hydrogens (primary N) is 1. The molecule has 0 fully saturated rings. The van der Waals surface area contributed by atoms with Crippen molar-refractivity contribution >= 4 is 0 Å². The van der Waals surface area contributed by atoms with Crippen LogP contribution >= 0.6 is 0 Å². The maximum absolute atomic E-state index is 6.34. The number of rotatable bonds is 4. The van der Waals surface area contributed by atoms with Crippen LogP contribution < -0.4 is 10.5 Å². The van der Waals surface area contributed by atoms with Crippen molar-refractivity contribution in [2.24, 2.45) is 5.73 Å². The van der Waals surface area contributed by atoms with Crippen molar-refractivity contribution < 1.29 is 4.74 Å². The molecule has 2 heteroatoms. The lowest BCUT2D eigenvalue weighted by Crippen LogP contribution is -2.14. The second-order valence-electron chi connectivity index (χ2n) is 5.05. The average molecular weight is 255 g/mol. The molecule has 0 aliphatic heterocycles. The fourth-order valence-electron chi connectivity index (χ4n) is 2.35. The van der Waals surface area contributed by atoms with E-state index >= 15 is 0 Å². The third-order valence-corrected chi connectivity index (χ3v) is 3.32. The Kier molecular flexibility index (Phi) is 4.23. The first kappa shape index (κ1) is 13.6. The highest BCUT2D eigenvalue weighted by Gasteiger charge is 2.12. The van der Waals surface area contributed by atoms with E-state index in [9.17, 15) is 0 Å². The molecule has 2 N–H and O–H groups in total. The fraction of sp³-hybridized carbons (Fsp3) is 0.294. The summed E-state index contributed by atoms with van der Waals surface area (Å²) in [6.45, 7) is 4.17. The quantitative estimate of drug-likeness (QED) is 0.906. The molecule has 1 atom stereocenters. The van der Waals surface area contributed by atoms with Crippen LogP contribution in [0.25, 0.3) is 0 Å². The molecule has 2 aromatic rings. The highest BCUT2D eigenvalue weighted by molar-refractivity contribution is 5.40. The lowest BCUT2D eigenvalue weighted by molar-refractivity contribution is 0.405. The number of aryl methyl sites for hydroxylation is 2. The SMILES string of the molecule is COc1ccc(C)cc1C(N)Cc1cccc(C)c1. The molecular weight excluding hydrogens is 234 g/mol. The highest BCUT2D eigenvalue weighted by Crippen LogP contribution is 2.27. The van der Waals surface area contributed by atoms with Crippen LogP contribution in [0.3, 0.4) is 0 Å². The Balaban J connectivity index is 2.24. The monoisotopic (exact) mass is 255 g/mol. The molecule has 0 aromatic heterocycles. The van der Waals surface area contributed by atoms with Gasteiger partial charge < -0.3 is 10.5 Å². The second-order valence-corrected chi connectivity index (χ2v) is 5.05. The Bertz CT molecular complexity index is 563. The van der Waals surface area contributed by atoms with E-state index in [-0.39, 0.29) is 6.04 Å². The molecule has 0 saturated heterocycles. The van der Waals surface area contributed by atoms with Crippen molar-refractivity contribution in [3.8, 4) is 5.75 Å². The Hall–Kier alpha value is -1.80. The number of benzene rings is 2. The van der Waals surface area contributed by atoms with Gasteiger partial charge in [-0.25, -0.2) is 0 Å². The van der Waals surface area contributed by atoms with Crippen LogP contribution in [0.1, 0.15) is 28.3 Å². The van der Waals surface area contributed by atoms with Gasteiger partial charge in [0.1, 0.15) is 5.75 Å². The van der Waals surface area contributed by atoms with Crippen LogP contribution in [0.2, 0.25) is 0 Å². The molecule has 0 spiro atoms. The summed E-state index contributed by atoms with van der Waals surface area (Å²) in [5.41, 5.74) is 11.1.